The first kappa shape index (κ1) is 37.0. The van der Waals surface area contributed by atoms with E-state index >= 15 is 0 Å². The molecule has 0 N–H and O–H groups in total. The Morgan fingerprint density at radius 2 is 0.364 bits per heavy atom. The van der Waals surface area contributed by atoms with E-state index in [0.29, 0.717) is 0 Å². The Labute approximate surface area is 385 Å². The van der Waals surface area contributed by atoms with Crippen LogP contribution in [0, 0.1) is 0 Å². The van der Waals surface area contributed by atoms with E-state index in [9.17, 15) is 0 Å². The van der Waals surface area contributed by atoms with Crippen molar-refractivity contribution < 1.29 is 0 Å². The number of hydrogen-bond acceptors (Lipinski definition) is 0. The minimum absolute atomic E-state index is 0.0744. The van der Waals surface area contributed by atoms with Crippen molar-refractivity contribution in [2.45, 2.75) is 60.2 Å². The lowest BCUT2D eigenvalue weighted by Crippen LogP contribution is -2.67. The van der Waals surface area contributed by atoms with E-state index in [4.69, 9.17) is 0 Å². The van der Waals surface area contributed by atoms with E-state index in [-0.39, 0.29) is 21.7 Å². The molecule has 0 aromatic heterocycles. The zero-order chi connectivity index (χ0) is 43.2. The van der Waals surface area contributed by atoms with Crippen LogP contribution in [0.15, 0.2) is 218 Å². The second-order valence-electron chi connectivity index (χ2n) is 21.1. The Hall–Kier alpha value is -7.28. The van der Waals surface area contributed by atoms with Gasteiger partial charge in [-0.2, -0.15) is 0 Å². The molecular weight excluding hydrogens is 793 g/mol. The van der Waals surface area contributed by atoms with E-state index in [2.05, 4.69) is 218 Å². The van der Waals surface area contributed by atoms with E-state index in [1.165, 1.54) is 108 Å². The summed E-state index contributed by atoms with van der Waals surface area (Å²) in [6.07, 6.45) is 6.85. The molecule has 0 atom stereocenters. The normalized spacial score (nSPS) is 23.6. The highest BCUT2D eigenvalue weighted by Gasteiger charge is 2.69. The van der Waals surface area contributed by atoms with Crippen molar-refractivity contribution in [2.75, 3.05) is 0 Å². The van der Waals surface area contributed by atoms with Crippen molar-refractivity contribution in [1.82, 2.24) is 0 Å². The van der Waals surface area contributed by atoms with Gasteiger partial charge in [-0.3, -0.25) is 0 Å². The molecule has 4 fully saturated rings. The van der Waals surface area contributed by atoms with Crippen molar-refractivity contribution in [3.63, 3.8) is 0 Å². The van der Waals surface area contributed by atoms with Crippen molar-refractivity contribution >= 4 is 86.2 Å². The van der Waals surface area contributed by atoms with Gasteiger partial charge >= 0.3 is 0 Å². The van der Waals surface area contributed by atoms with Gasteiger partial charge in [0.05, 0.1) is 0 Å². The minimum atomic E-state index is -0.0744. The van der Waals surface area contributed by atoms with Crippen LogP contribution < -0.4 is 0 Å². The molecule has 12 aromatic carbocycles. The van der Waals surface area contributed by atoms with Gasteiger partial charge in [-0.25, -0.2) is 0 Å². The molecule has 312 valence electrons. The van der Waals surface area contributed by atoms with Crippen LogP contribution in [0.25, 0.3) is 86.2 Å². The Morgan fingerprint density at radius 3 is 0.591 bits per heavy atom. The molecule has 0 nitrogen and oxygen atoms in total. The second-order valence-corrected chi connectivity index (χ2v) is 21.1. The largest absolute Gasteiger partial charge is 0.0616 e. The maximum atomic E-state index is 2.65. The molecule has 0 heterocycles. The van der Waals surface area contributed by atoms with Crippen LogP contribution >= 0.6 is 0 Å². The third-order valence-electron chi connectivity index (χ3n) is 17.5. The average molecular weight is 841 g/mol. The first-order chi connectivity index (χ1) is 32.5. The monoisotopic (exact) mass is 840 g/mol. The standard InChI is InChI=1S/C66H48/c1-5-13-55-43(9-1)17-21-47-25-29-51(33-59(47)55)63-37-64(52-30-26-48-22-18-44-10-2-6-14-56(44)60(48)34-52)40-65(38-63,53-31-27-49-23-19-45-11-3-7-15-57(45)61(49)35-53)42-66(39-63,41-64)54-32-28-50-24-20-46-12-4-8-16-58(46)62(50)36-54/h1-36H,37-42H2. The summed E-state index contributed by atoms with van der Waals surface area (Å²) in [5.74, 6) is 0. The summed E-state index contributed by atoms with van der Waals surface area (Å²) < 4.78 is 0. The highest BCUT2D eigenvalue weighted by Crippen LogP contribution is 2.75. The molecular formula is C66H48. The Kier molecular flexibility index (Phi) is 7.38. The zero-order valence-corrected chi connectivity index (χ0v) is 37.0. The summed E-state index contributed by atoms with van der Waals surface area (Å²) in [6, 6.07) is 85.2. The maximum absolute atomic E-state index is 2.65. The Bertz CT molecular complexity index is 3470. The van der Waals surface area contributed by atoms with Gasteiger partial charge < -0.3 is 0 Å². The topological polar surface area (TPSA) is 0 Å². The fourth-order valence-electron chi connectivity index (χ4n) is 15.2. The lowest BCUT2D eigenvalue weighted by Gasteiger charge is -2.71. The van der Waals surface area contributed by atoms with Gasteiger partial charge in [0.1, 0.15) is 0 Å². The average Bonchev–Trinajstić information content (AvgIpc) is 3.37. The first-order valence-corrected chi connectivity index (χ1v) is 24.1. The van der Waals surface area contributed by atoms with Gasteiger partial charge in [0.15, 0.2) is 0 Å². The molecule has 66 heavy (non-hydrogen) atoms. The van der Waals surface area contributed by atoms with Crippen molar-refractivity contribution in [2.24, 2.45) is 0 Å². The van der Waals surface area contributed by atoms with Gasteiger partial charge in [-0.15, -0.1) is 0 Å². The zero-order valence-electron chi connectivity index (χ0n) is 37.0. The smallest absolute Gasteiger partial charge is 0.00213 e. The van der Waals surface area contributed by atoms with E-state index < -0.39 is 0 Å². The molecule has 4 saturated carbocycles. The van der Waals surface area contributed by atoms with E-state index in [1.54, 1.807) is 0 Å². The highest BCUT2D eigenvalue weighted by molar-refractivity contribution is 6.10. The van der Waals surface area contributed by atoms with Crippen LogP contribution in [0.4, 0.5) is 0 Å². The van der Waals surface area contributed by atoms with E-state index in [1.807, 2.05) is 0 Å². The molecule has 0 radical (unpaired) electrons. The molecule has 0 unspecified atom stereocenters. The van der Waals surface area contributed by atoms with E-state index in [0.717, 1.165) is 38.5 Å². The first-order valence-electron chi connectivity index (χ1n) is 24.1. The minimum Gasteiger partial charge on any atom is -0.0616 e. The Morgan fingerprint density at radius 1 is 0.182 bits per heavy atom. The summed E-state index contributed by atoms with van der Waals surface area (Å²) in [5, 5.41) is 21.5. The van der Waals surface area contributed by atoms with Crippen LogP contribution in [0.5, 0.6) is 0 Å². The van der Waals surface area contributed by atoms with Crippen LogP contribution in [0.3, 0.4) is 0 Å². The predicted octanol–water partition coefficient (Wildman–Crippen LogP) is 17.3. The van der Waals surface area contributed by atoms with Gasteiger partial charge in [0.25, 0.3) is 0 Å². The predicted molar refractivity (Wildman–Crippen MR) is 280 cm³/mol. The molecule has 4 bridgehead atoms. The molecule has 0 heteroatoms. The lowest BCUT2D eigenvalue weighted by atomic mass is 9.32. The Balaban J connectivity index is 1.05. The molecule has 0 saturated heterocycles. The van der Waals surface area contributed by atoms with Gasteiger partial charge in [-0.05, 0) is 193 Å². The van der Waals surface area contributed by atoms with Gasteiger partial charge in [0.2, 0.25) is 0 Å². The van der Waals surface area contributed by atoms with Crippen LogP contribution in [-0.4, -0.2) is 0 Å². The van der Waals surface area contributed by atoms with Crippen LogP contribution in [0.1, 0.15) is 60.8 Å². The fourth-order valence-corrected chi connectivity index (χ4v) is 15.2. The molecule has 12 aromatic rings. The SMILES string of the molecule is c1ccc2c(c1)ccc1ccc(C34CC5(c6ccc7ccc8ccccc8c7c6)CC(c6ccc7ccc8ccccc8c7c6)(C3)CC(c3ccc6ccc7ccccc7c6c3)(C4)C5)cc12. The number of benzene rings is 12. The van der Waals surface area contributed by atoms with Crippen molar-refractivity contribution in [3.05, 3.63) is 241 Å². The second kappa shape index (κ2) is 13.2. The highest BCUT2D eigenvalue weighted by atomic mass is 14.7. The number of rotatable bonds is 4. The van der Waals surface area contributed by atoms with Crippen molar-refractivity contribution in [1.29, 1.82) is 0 Å². The molecule has 0 aliphatic heterocycles. The van der Waals surface area contributed by atoms with Gasteiger partial charge in [0, 0.05) is 0 Å². The van der Waals surface area contributed by atoms with Crippen molar-refractivity contribution in [3.8, 4) is 0 Å². The molecule has 4 aliphatic carbocycles. The summed E-state index contributed by atoms with van der Waals surface area (Å²) in [7, 11) is 0. The fraction of sp³-hybridized carbons (Fsp3) is 0.152. The third kappa shape index (κ3) is 5.16. The lowest BCUT2D eigenvalue weighted by molar-refractivity contribution is -0.0690. The molecule has 0 spiro atoms. The number of hydrogen-bond donors (Lipinski definition) is 0. The summed E-state index contributed by atoms with van der Waals surface area (Å²) in [4.78, 5) is 0. The maximum Gasteiger partial charge on any atom is -0.00213 e. The quantitative estimate of drug-likeness (QED) is 0.155. The van der Waals surface area contributed by atoms with Gasteiger partial charge in [-0.1, -0.05) is 194 Å². The summed E-state index contributed by atoms with van der Waals surface area (Å²) in [6.45, 7) is 0. The molecule has 0 amide bonds. The molecule has 16 rings (SSSR count). The summed E-state index contributed by atoms with van der Waals surface area (Å²) in [5.41, 5.74) is 5.79. The van der Waals surface area contributed by atoms with Crippen LogP contribution in [0.2, 0.25) is 0 Å². The third-order valence-corrected chi connectivity index (χ3v) is 17.5. The van der Waals surface area contributed by atoms with Crippen LogP contribution in [-0.2, 0) is 21.7 Å². The summed E-state index contributed by atoms with van der Waals surface area (Å²) >= 11 is 0. The molecule has 4 aliphatic rings. The number of fused-ring (bicyclic) bond motifs is 12.